The maximum Gasteiger partial charge on any atom is 0.223 e. The van der Waals surface area contributed by atoms with Crippen LogP contribution in [0.4, 0.5) is 0 Å². The zero-order valence-electron chi connectivity index (χ0n) is 16.4. The van der Waals surface area contributed by atoms with Crippen molar-refractivity contribution < 1.29 is 9.53 Å². The molecule has 0 N–H and O–H groups in total. The maximum atomic E-state index is 12.9. The molecule has 0 unspecified atom stereocenters. The minimum Gasteiger partial charge on any atom is -0.494 e. The van der Waals surface area contributed by atoms with Crippen LogP contribution < -0.4 is 4.74 Å². The van der Waals surface area contributed by atoms with Crippen molar-refractivity contribution in [3.63, 3.8) is 0 Å². The van der Waals surface area contributed by atoms with Crippen LogP contribution in [0.25, 0.3) is 0 Å². The molecule has 0 saturated carbocycles. The summed E-state index contributed by atoms with van der Waals surface area (Å²) < 4.78 is 8.65. The van der Waals surface area contributed by atoms with Gasteiger partial charge in [-0.3, -0.25) is 4.79 Å². The summed E-state index contributed by atoms with van der Waals surface area (Å²) in [6.45, 7) is 0.481. The summed E-state index contributed by atoms with van der Waals surface area (Å²) >= 11 is 9.44. The fourth-order valence-electron chi connectivity index (χ4n) is 3.10. The number of aromatic nitrogens is 2. The molecule has 1 amide bonds. The van der Waals surface area contributed by atoms with Gasteiger partial charge in [-0.25, -0.2) is 4.98 Å². The predicted octanol–water partition coefficient (Wildman–Crippen LogP) is 5.24. The van der Waals surface area contributed by atoms with Crippen LogP contribution in [-0.2, 0) is 11.8 Å². The summed E-state index contributed by atoms with van der Waals surface area (Å²) in [5.74, 6) is 1.63. The first-order chi connectivity index (χ1) is 14.0. The van der Waals surface area contributed by atoms with Crippen molar-refractivity contribution in [2.24, 2.45) is 7.05 Å². The van der Waals surface area contributed by atoms with Crippen LogP contribution in [0, 0.1) is 0 Å². The van der Waals surface area contributed by atoms with Crippen LogP contribution in [-0.4, -0.2) is 34.0 Å². The van der Waals surface area contributed by atoms with E-state index in [4.69, 9.17) is 16.3 Å². The molecule has 0 spiro atoms. The van der Waals surface area contributed by atoms with Crippen molar-refractivity contribution in [2.75, 3.05) is 13.7 Å². The molecule has 1 heterocycles. The molecule has 0 radical (unpaired) electrons. The van der Waals surface area contributed by atoms with Gasteiger partial charge >= 0.3 is 0 Å². The van der Waals surface area contributed by atoms with Gasteiger partial charge in [-0.1, -0.05) is 39.7 Å². The van der Waals surface area contributed by atoms with E-state index in [0.29, 0.717) is 24.5 Å². The van der Waals surface area contributed by atoms with Crippen LogP contribution >= 0.6 is 27.5 Å². The first kappa shape index (κ1) is 21.4. The smallest absolute Gasteiger partial charge is 0.223 e. The number of hydrogen-bond donors (Lipinski definition) is 0. The Balaban J connectivity index is 1.64. The van der Waals surface area contributed by atoms with Gasteiger partial charge < -0.3 is 14.2 Å². The van der Waals surface area contributed by atoms with Crippen molar-refractivity contribution in [1.82, 2.24) is 14.5 Å². The zero-order chi connectivity index (χ0) is 20.8. The molecule has 0 saturated heterocycles. The van der Waals surface area contributed by atoms with Crippen molar-refractivity contribution in [3.05, 3.63) is 81.8 Å². The van der Waals surface area contributed by atoms with Gasteiger partial charge in [-0.2, -0.15) is 0 Å². The highest BCUT2D eigenvalue weighted by atomic mass is 79.9. The van der Waals surface area contributed by atoms with E-state index in [0.717, 1.165) is 21.6 Å². The Morgan fingerprint density at radius 1 is 1.21 bits per heavy atom. The molecule has 1 aromatic heterocycles. The summed E-state index contributed by atoms with van der Waals surface area (Å²) in [7, 11) is 3.74. The minimum absolute atomic E-state index is 0.0346. The second-order valence-corrected chi connectivity index (χ2v) is 8.11. The highest BCUT2D eigenvalue weighted by Gasteiger charge is 2.26. The van der Waals surface area contributed by atoms with Crippen LogP contribution in [0.15, 0.2) is 65.4 Å². The quantitative estimate of drug-likeness (QED) is 0.418. The number of carbonyl (C=O) groups excluding carboxylic acids is 1. The summed E-state index contributed by atoms with van der Waals surface area (Å²) in [6.07, 6.45) is 4.64. The highest BCUT2D eigenvalue weighted by molar-refractivity contribution is 9.10. The standard InChI is InChI=1S/C22H23BrClN3O2/c1-26-14-13-25-22(26)21(16-5-9-18(24)10-6-16)27(2)20(28)4-3-15-29-19-11-7-17(23)8-12-19/h5-14,21H,3-4,15H2,1-2H3/t21-/m1/s1. The first-order valence-electron chi connectivity index (χ1n) is 9.32. The van der Waals surface area contributed by atoms with Crippen LogP contribution in [0.5, 0.6) is 5.75 Å². The third kappa shape index (κ3) is 5.61. The number of amides is 1. The van der Waals surface area contributed by atoms with E-state index in [9.17, 15) is 4.79 Å². The Kier molecular flexibility index (Phi) is 7.34. The van der Waals surface area contributed by atoms with Crippen molar-refractivity contribution in [1.29, 1.82) is 0 Å². The fraction of sp³-hybridized carbons (Fsp3) is 0.273. The molecule has 0 aliphatic rings. The van der Waals surface area contributed by atoms with Gasteiger partial charge in [0.25, 0.3) is 0 Å². The van der Waals surface area contributed by atoms with Gasteiger partial charge in [0.15, 0.2) is 0 Å². The average molecular weight is 477 g/mol. The lowest BCUT2D eigenvalue weighted by molar-refractivity contribution is -0.131. The van der Waals surface area contributed by atoms with E-state index in [1.54, 1.807) is 11.1 Å². The number of rotatable bonds is 8. The molecule has 2 aromatic carbocycles. The van der Waals surface area contributed by atoms with Gasteiger partial charge in [0.2, 0.25) is 5.91 Å². The van der Waals surface area contributed by atoms with E-state index in [1.165, 1.54) is 0 Å². The lowest BCUT2D eigenvalue weighted by Crippen LogP contribution is -2.33. The topological polar surface area (TPSA) is 47.4 Å². The molecule has 0 aliphatic carbocycles. The molecule has 0 fully saturated rings. The summed E-state index contributed by atoms with van der Waals surface area (Å²) in [5, 5.41) is 0.659. The highest BCUT2D eigenvalue weighted by Crippen LogP contribution is 2.28. The molecular weight excluding hydrogens is 454 g/mol. The molecule has 152 valence electrons. The molecule has 0 aliphatic heterocycles. The number of halogens is 2. The van der Waals surface area contributed by atoms with E-state index in [1.807, 2.05) is 73.4 Å². The van der Waals surface area contributed by atoms with E-state index < -0.39 is 0 Å². The number of imidazole rings is 1. The van der Waals surface area contributed by atoms with E-state index >= 15 is 0 Å². The molecule has 0 bridgehead atoms. The normalized spacial score (nSPS) is 11.9. The number of carbonyl (C=O) groups is 1. The number of aryl methyl sites for hydroxylation is 1. The molecule has 5 nitrogen and oxygen atoms in total. The Morgan fingerprint density at radius 3 is 2.52 bits per heavy atom. The van der Waals surface area contributed by atoms with E-state index in [2.05, 4.69) is 20.9 Å². The third-order valence-corrected chi connectivity index (χ3v) is 5.47. The van der Waals surface area contributed by atoms with Gasteiger partial charge in [-0.05, 0) is 48.4 Å². The predicted molar refractivity (Wildman–Crippen MR) is 118 cm³/mol. The van der Waals surface area contributed by atoms with Crippen LogP contribution in [0.1, 0.15) is 30.3 Å². The molecule has 3 aromatic rings. The average Bonchev–Trinajstić information content (AvgIpc) is 3.13. The van der Waals surface area contributed by atoms with Gasteiger partial charge in [0, 0.05) is 42.4 Å². The summed E-state index contributed by atoms with van der Waals surface area (Å²) in [5.41, 5.74) is 0.964. The Labute approximate surface area is 184 Å². The molecule has 1 atom stereocenters. The largest absolute Gasteiger partial charge is 0.494 e. The Hall–Kier alpha value is -2.31. The Bertz CT molecular complexity index is 941. The summed E-state index contributed by atoms with van der Waals surface area (Å²) in [4.78, 5) is 19.1. The molecule has 7 heteroatoms. The first-order valence-corrected chi connectivity index (χ1v) is 10.5. The SMILES string of the molecule is CN(C(=O)CCCOc1ccc(Br)cc1)[C@H](c1ccc(Cl)cc1)c1nccn1C. The van der Waals surface area contributed by atoms with Gasteiger partial charge in [0.1, 0.15) is 17.6 Å². The minimum atomic E-state index is -0.285. The van der Waals surface area contributed by atoms with Gasteiger partial charge in [-0.15, -0.1) is 0 Å². The number of hydrogen-bond acceptors (Lipinski definition) is 3. The second-order valence-electron chi connectivity index (χ2n) is 6.76. The maximum absolute atomic E-state index is 12.9. The lowest BCUT2D eigenvalue weighted by Gasteiger charge is -2.28. The lowest BCUT2D eigenvalue weighted by atomic mass is 10.0. The van der Waals surface area contributed by atoms with E-state index in [-0.39, 0.29) is 11.9 Å². The van der Waals surface area contributed by atoms with Crippen molar-refractivity contribution in [2.45, 2.75) is 18.9 Å². The molecular formula is C22H23BrClN3O2. The second kappa shape index (κ2) is 9.94. The van der Waals surface area contributed by atoms with Crippen molar-refractivity contribution >= 4 is 33.4 Å². The molecule has 29 heavy (non-hydrogen) atoms. The van der Waals surface area contributed by atoms with Crippen LogP contribution in [0.2, 0.25) is 5.02 Å². The molecule has 3 rings (SSSR count). The zero-order valence-corrected chi connectivity index (χ0v) is 18.7. The van der Waals surface area contributed by atoms with Crippen molar-refractivity contribution in [3.8, 4) is 5.75 Å². The van der Waals surface area contributed by atoms with Crippen LogP contribution in [0.3, 0.4) is 0 Å². The Morgan fingerprint density at radius 2 is 1.90 bits per heavy atom. The monoisotopic (exact) mass is 475 g/mol. The summed E-state index contributed by atoms with van der Waals surface area (Å²) in [6, 6.07) is 14.9. The number of benzene rings is 2. The third-order valence-electron chi connectivity index (χ3n) is 4.69. The fourth-order valence-corrected chi connectivity index (χ4v) is 3.49. The van der Waals surface area contributed by atoms with Gasteiger partial charge in [0.05, 0.1) is 6.61 Å². The number of nitrogens with zero attached hydrogens (tertiary/aromatic N) is 3. The number of ether oxygens (including phenoxy) is 1.